The largest absolute Gasteiger partial charge is 0.497 e. The van der Waals surface area contributed by atoms with Gasteiger partial charge in [0.25, 0.3) is 0 Å². The van der Waals surface area contributed by atoms with Crippen molar-refractivity contribution in [2.45, 2.75) is 6.04 Å². The molecule has 3 nitrogen and oxygen atoms in total. The van der Waals surface area contributed by atoms with Gasteiger partial charge in [-0.3, -0.25) is 5.84 Å². The molecular weight excluding hydrogens is 419 g/mol. The molecule has 5 heteroatoms. The molecule has 0 aliphatic rings. The van der Waals surface area contributed by atoms with Crippen molar-refractivity contribution in [3.63, 3.8) is 0 Å². The van der Waals surface area contributed by atoms with Gasteiger partial charge in [0.05, 0.1) is 13.2 Å². The first kappa shape index (κ1) is 14.8. The van der Waals surface area contributed by atoms with Crippen molar-refractivity contribution < 1.29 is 4.74 Å². The summed E-state index contributed by atoms with van der Waals surface area (Å²) >= 11 is 5.81. The Hall–Kier alpha value is -0.630. The summed E-state index contributed by atoms with van der Waals surface area (Å²) in [4.78, 5) is 0. The second kappa shape index (κ2) is 6.69. The Balaban J connectivity index is 2.46. The van der Waals surface area contributed by atoms with E-state index in [1.807, 2.05) is 30.3 Å². The minimum atomic E-state index is -0.0699. The summed E-state index contributed by atoms with van der Waals surface area (Å²) in [6.07, 6.45) is 0. The van der Waals surface area contributed by atoms with Crippen molar-refractivity contribution >= 4 is 38.5 Å². The third-order valence-corrected chi connectivity index (χ3v) is 4.34. The van der Waals surface area contributed by atoms with Gasteiger partial charge in [-0.05, 0) is 64.0 Å². The number of hydrazine groups is 1. The van der Waals surface area contributed by atoms with Crippen LogP contribution in [-0.4, -0.2) is 7.11 Å². The maximum atomic E-state index is 5.74. The van der Waals surface area contributed by atoms with Crippen LogP contribution in [0.5, 0.6) is 5.75 Å². The third kappa shape index (κ3) is 3.47. The van der Waals surface area contributed by atoms with E-state index in [0.717, 1.165) is 24.9 Å². The van der Waals surface area contributed by atoms with Gasteiger partial charge in [-0.1, -0.05) is 28.1 Å². The van der Waals surface area contributed by atoms with Gasteiger partial charge in [0.1, 0.15) is 5.75 Å². The molecule has 0 aliphatic heterocycles. The second-order valence-corrected chi connectivity index (χ2v) is 6.12. The molecule has 1 unspecified atom stereocenters. The minimum Gasteiger partial charge on any atom is -0.497 e. The number of halogens is 2. The van der Waals surface area contributed by atoms with Crippen LogP contribution >= 0.6 is 38.5 Å². The van der Waals surface area contributed by atoms with Gasteiger partial charge in [-0.2, -0.15) is 0 Å². The second-order valence-electron chi connectivity index (χ2n) is 4.04. The Labute approximate surface area is 134 Å². The quantitative estimate of drug-likeness (QED) is 0.440. The number of hydrogen-bond acceptors (Lipinski definition) is 3. The van der Waals surface area contributed by atoms with Gasteiger partial charge in [-0.15, -0.1) is 0 Å². The Kier molecular flexibility index (Phi) is 5.20. The van der Waals surface area contributed by atoms with E-state index in [0.29, 0.717) is 0 Å². The highest BCUT2D eigenvalue weighted by Crippen LogP contribution is 2.29. The first-order valence-electron chi connectivity index (χ1n) is 5.70. The monoisotopic (exact) mass is 432 g/mol. The smallest absolute Gasteiger partial charge is 0.119 e. The molecule has 2 aromatic carbocycles. The van der Waals surface area contributed by atoms with Crippen LogP contribution in [0.25, 0.3) is 0 Å². The summed E-state index contributed by atoms with van der Waals surface area (Å²) < 4.78 is 7.45. The predicted octanol–water partition coefficient (Wildman–Crippen LogP) is 3.62. The summed E-state index contributed by atoms with van der Waals surface area (Å²) in [6.45, 7) is 0. The van der Waals surface area contributed by atoms with Gasteiger partial charge in [0, 0.05) is 8.04 Å². The predicted molar refractivity (Wildman–Crippen MR) is 89.0 cm³/mol. The molecule has 2 rings (SSSR count). The molecule has 2 aromatic rings. The zero-order valence-electron chi connectivity index (χ0n) is 10.4. The van der Waals surface area contributed by atoms with Crippen LogP contribution in [0.1, 0.15) is 17.2 Å². The number of rotatable bonds is 4. The molecule has 0 radical (unpaired) electrons. The average molecular weight is 433 g/mol. The molecule has 0 fully saturated rings. The highest BCUT2D eigenvalue weighted by molar-refractivity contribution is 14.1. The topological polar surface area (TPSA) is 47.3 Å². The lowest BCUT2D eigenvalue weighted by atomic mass is 9.99. The molecule has 19 heavy (non-hydrogen) atoms. The number of benzene rings is 2. The van der Waals surface area contributed by atoms with Crippen LogP contribution in [0.3, 0.4) is 0 Å². The summed E-state index contributed by atoms with van der Waals surface area (Å²) in [5, 5.41) is 0. The Morgan fingerprint density at radius 1 is 1.26 bits per heavy atom. The fourth-order valence-electron chi connectivity index (χ4n) is 1.92. The summed E-state index contributed by atoms with van der Waals surface area (Å²) in [6, 6.07) is 14.0. The normalized spacial score (nSPS) is 12.2. The van der Waals surface area contributed by atoms with Crippen molar-refractivity contribution in [2.24, 2.45) is 5.84 Å². The summed E-state index contributed by atoms with van der Waals surface area (Å²) in [5.74, 6) is 6.56. The molecule has 0 saturated heterocycles. The molecule has 0 saturated carbocycles. The van der Waals surface area contributed by atoms with Crippen molar-refractivity contribution in [2.75, 3.05) is 7.11 Å². The van der Waals surface area contributed by atoms with Crippen molar-refractivity contribution in [1.82, 2.24) is 5.43 Å². The zero-order chi connectivity index (χ0) is 13.8. The molecular formula is C14H14BrIN2O. The Morgan fingerprint density at radius 3 is 2.74 bits per heavy atom. The van der Waals surface area contributed by atoms with E-state index in [-0.39, 0.29) is 6.04 Å². The van der Waals surface area contributed by atoms with Crippen molar-refractivity contribution in [3.05, 3.63) is 61.6 Å². The molecule has 1 atom stereocenters. The summed E-state index contributed by atoms with van der Waals surface area (Å²) in [5.41, 5.74) is 5.07. The molecule has 0 heterocycles. The van der Waals surface area contributed by atoms with Crippen LogP contribution in [0.15, 0.2) is 46.9 Å². The van der Waals surface area contributed by atoms with Gasteiger partial charge in [0.15, 0.2) is 0 Å². The molecule has 0 amide bonds. The average Bonchev–Trinajstić information content (AvgIpc) is 2.44. The van der Waals surface area contributed by atoms with Gasteiger partial charge in [0.2, 0.25) is 0 Å². The van der Waals surface area contributed by atoms with Crippen LogP contribution in [0.4, 0.5) is 0 Å². The third-order valence-electron chi connectivity index (χ3n) is 2.86. The number of nitrogens with one attached hydrogen (secondary N) is 1. The van der Waals surface area contributed by atoms with Gasteiger partial charge < -0.3 is 4.74 Å². The van der Waals surface area contributed by atoms with E-state index in [1.54, 1.807) is 7.11 Å². The number of hydrogen-bond donors (Lipinski definition) is 2. The Morgan fingerprint density at radius 2 is 2.05 bits per heavy atom. The molecule has 0 bridgehead atoms. The number of methoxy groups -OCH3 is 1. The molecule has 100 valence electrons. The first-order chi connectivity index (χ1) is 9.15. The van der Waals surface area contributed by atoms with E-state index >= 15 is 0 Å². The van der Waals surface area contributed by atoms with Gasteiger partial charge in [-0.25, -0.2) is 5.43 Å². The zero-order valence-corrected chi connectivity index (χ0v) is 14.1. The number of nitrogens with two attached hydrogens (primary N) is 1. The molecule has 0 aliphatic carbocycles. The minimum absolute atomic E-state index is 0.0699. The SMILES string of the molecule is COc1cccc(C(NN)c2cc(Br)ccc2I)c1. The van der Waals surface area contributed by atoms with Crippen LogP contribution in [0.2, 0.25) is 0 Å². The molecule has 0 spiro atoms. The maximum Gasteiger partial charge on any atom is 0.119 e. The molecule has 3 N–H and O–H groups in total. The van der Waals surface area contributed by atoms with Crippen molar-refractivity contribution in [3.8, 4) is 5.75 Å². The highest BCUT2D eigenvalue weighted by atomic mass is 127. The maximum absolute atomic E-state index is 5.74. The lowest BCUT2D eigenvalue weighted by molar-refractivity contribution is 0.413. The fraction of sp³-hybridized carbons (Fsp3) is 0.143. The summed E-state index contributed by atoms with van der Waals surface area (Å²) in [7, 11) is 1.66. The number of ether oxygens (including phenoxy) is 1. The van der Waals surface area contributed by atoms with E-state index in [4.69, 9.17) is 10.6 Å². The van der Waals surface area contributed by atoms with Crippen LogP contribution in [0, 0.1) is 3.57 Å². The van der Waals surface area contributed by atoms with E-state index in [2.05, 4.69) is 56.1 Å². The van der Waals surface area contributed by atoms with E-state index < -0.39 is 0 Å². The van der Waals surface area contributed by atoms with E-state index in [1.165, 1.54) is 0 Å². The first-order valence-corrected chi connectivity index (χ1v) is 7.58. The lowest BCUT2D eigenvalue weighted by Gasteiger charge is -2.19. The van der Waals surface area contributed by atoms with Gasteiger partial charge >= 0.3 is 0 Å². The van der Waals surface area contributed by atoms with Crippen LogP contribution < -0.4 is 16.0 Å². The Bertz CT molecular complexity index is 577. The molecule has 0 aromatic heterocycles. The highest BCUT2D eigenvalue weighted by Gasteiger charge is 2.16. The van der Waals surface area contributed by atoms with Crippen molar-refractivity contribution in [1.29, 1.82) is 0 Å². The lowest BCUT2D eigenvalue weighted by Crippen LogP contribution is -2.29. The fourth-order valence-corrected chi connectivity index (χ4v) is 2.95. The van der Waals surface area contributed by atoms with E-state index in [9.17, 15) is 0 Å². The van der Waals surface area contributed by atoms with Crippen LogP contribution in [-0.2, 0) is 0 Å². The standard InChI is InChI=1S/C14H14BrIN2O/c1-19-11-4-2-3-9(7-11)14(18-17)12-8-10(15)5-6-13(12)16/h2-8,14,18H,17H2,1H3.